The molecule has 0 unspecified atom stereocenters. The molecule has 0 fully saturated rings. The molecule has 0 heterocycles. The van der Waals surface area contributed by atoms with Crippen molar-refractivity contribution in [1.29, 1.82) is 0 Å². The summed E-state index contributed by atoms with van der Waals surface area (Å²) in [5, 5.41) is 2.85. The van der Waals surface area contributed by atoms with E-state index in [9.17, 15) is 9.59 Å². The lowest BCUT2D eigenvalue weighted by molar-refractivity contribution is -0.118. The van der Waals surface area contributed by atoms with Gasteiger partial charge in [-0.1, -0.05) is 28.1 Å². The molecule has 0 atom stereocenters. The Kier molecular flexibility index (Phi) is 6.24. The first kappa shape index (κ1) is 17.6. The third-order valence-electron chi connectivity index (χ3n) is 3.20. The number of carbonyl (C=O) groups excluding carboxylic acids is 2. The summed E-state index contributed by atoms with van der Waals surface area (Å²) in [4.78, 5) is 24.2. The number of nitrogens with one attached hydrogen (secondary N) is 1. The van der Waals surface area contributed by atoms with Crippen LogP contribution in [-0.2, 0) is 11.3 Å². The second kappa shape index (κ2) is 8.17. The number of hydrogen-bond acceptors (Lipinski definition) is 3. The predicted octanol–water partition coefficient (Wildman–Crippen LogP) is 3.26. The molecule has 0 radical (unpaired) electrons. The fourth-order valence-corrected chi connectivity index (χ4v) is 3.32. The maximum atomic E-state index is 12.0. The Bertz CT molecular complexity index is 734. The average Bonchev–Trinajstić information content (AvgIpc) is 2.52. The lowest BCUT2D eigenvalue weighted by Gasteiger charge is -2.08. The number of aryl methyl sites for hydroxylation is 1. The van der Waals surface area contributed by atoms with E-state index in [-0.39, 0.29) is 5.91 Å². The van der Waals surface area contributed by atoms with Gasteiger partial charge in [0, 0.05) is 21.5 Å². The fourth-order valence-electron chi connectivity index (χ4n) is 2.00. The van der Waals surface area contributed by atoms with Gasteiger partial charge in [-0.15, -0.1) is 11.8 Å². The molecule has 23 heavy (non-hydrogen) atoms. The Morgan fingerprint density at radius 3 is 2.70 bits per heavy atom. The molecular weight excluding hydrogens is 376 g/mol. The summed E-state index contributed by atoms with van der Waals surface area (Å²) in [7, 11) is 0. The first-order valence-electron chi connectivity index (χ1n) is 7.00. The molecule has 0 aliphatic rings. The van der Waals surface area contributed by atoms with Crippen LogP contribution in [0.4, 0.5) is 0 Å². The number of hydrogen-bond donors (Lipinski definition) is 2. The molecule has 0 aliphatic heterocycles. The van der Waals surface area contributed by atoms with Crippen LogP contribution >= 0.6 is 27.7 Å². The minimum absolute atomic E-state index is 0.0539. The van der Waals surface area contributed by atoms with Crippen LogP contribution in [0.5, 0.6) is 0 Å². The largest absolute Gasteiger partial charge is 0.366 e. The summed E-state index contributed by atoms with van der Waals surface area (Å²) in [6.07, 6.45) is 0. The number of halogens is 1. The molecule has 0 saturated carbocycles. The van der Waals surface area contributed by atoms with Gasteiger partial charge >= 0.3 is 0 Å². The third-order valence-corrected chi connectivity index (χ3v) is 4.87. The molecular formula is C17H17BrN2O2S. The van der Waals surface area contributed by atoms with E-state index in [1.807, 2.05) is 31.2 Å². The molecule has 0 aliphatic carbocycles. The van der Waals surface area contributed by atoms with Crippen LogP contribution < -0.4 is 11.1 Å². The molecule has 2 aromatic rings. The van der Waals surface area contributed by atoms with Gasteiger partial charge in [-0.3, -0.25) is 9.59 Å². The van der Waals surface area contributed by atoms with Crippen molar-refractivity contribution in [1.82, 2.24) is 5.32 Å². The topological polar surface area (TPSA) is 72.2 Å². The summed E-state index contributed by atoms with van der Waals surface area (Å²) in [6, 6.07) is 12.9. The third kappa shape index (κ3) is 5.41. The van der Waals surface area contributed by atoms with E-state index in [2.05, 4.69) is 21.2 Å². The number of thioether (sulfide) groups is 1. The number of amides is 2. The zero-order valence-electron chi connectivity index (χ0n) is 12.6. The quantitative estimate of drug-likeness (QED) is 0.740. The van der Waals surface area contributed by atoms with Gasteiger partial charge < -0.3 is 11.1 Å². The van der Waals surface area contributed by atoms with Crippen molar-refractivity contribution in [3.8, 4) is 0 Å². The van der Waals surface area contributed by atoms with Gasteiger partial charge in [-0.2, -0.15) is 0 Å². The molecule has 2 amide bonds. The van der Waals surface area contributed by atoms with Crippen LogP contribution in [-0.4, -0.2) is 17.6 Å². The molecule has 2 aromatic carbocycles. The predicted molar refractivity (Wildman–Crippen MR) is 96.4 cm³/mol. The van der Waals surface area contributed by atoms with Gasteiger partial charge in [0.15, 0.2) is 0 Å². The van der Waals surface area contributed by atoms with Crippen LogP contribution in [0.2, 0.25) is 0 Å². The standard InChI is InChI=1S/C17H17BrN2O2S/c1-11-7-14(18)5-6-15(11)23-10-16(21)20-9-12-3-2-4-13(8-12)17(19)22/h2-8H,9-10H2,1H3,(H2,19,22)(H,20,21). The Hall–Kier alpha value is -1.79. The fraction of sp³-hybridized carbons (Fsp3) is 0.176. The van der Waals surface area contributed by atoms with Crippen LogP contribution in [0.15, 0.2) is 51.8 Å². The van der Waals surface area contributed by atoms with Crippen LogP contribution in [0.3, 0.4) is 0 Å². The molecule has 0 saturated heterocycles. The zero-order chi connectivity index (χ0) is 16.8. The minimum Gasteiger partial charge on any atom is -0.366 e. The van der Waals surface area contributed by atoms with Crippen LogP contribution in [0, 0.1) is 6.92 Å². The number of carbonyl (C=O) groups is 2. The van der Waals surface area contributed by atoms with Crippen molar-refractivity contribution >= 4 is 39.5 Å². The van der Waals surface area contributed by atoms with Gasteiger partial charge in [-0.05, 0) is 48.4 Å². The molecule has 120 valence electrons. The van der Waals surface area contributed by atoms with Gasteiger partial charge in [0.05, 0.1) is 5.75 Å². The molecule has 0 aromatic heterocycles. The monoisotopic (exact) mass is 392 g/mol. The van der Waals surface area contributed by atoms with E-state index in [1.54, 1.807) is 18.2 Å². The lowest BCUT2D eigenvalue weighted by Crippen LogP contribution is -2.24. The Morgan fingerprint density at radius 1 is 1.22 bits per heavy atom. The van der Waals surface area contributed by atoms with E-state index < -0.39 is 5.91 Å². The van der Waals surface area contributed by atoms with Gasteiger partial charge in [0.2, 0.25) is 11.8 Å². The first-order valence-corrected chi connectivity index (χ1v) is 8.78. The number of nitrogens with two attached hydrogens (primary N) is 1. The second-order valence-corrected chi connectivity index (χ2v) is 6.97. The van der Waals surface area contributed by atoms with Crippen molar-refractivity contribution < 1.29 is 9.59 Å². The van der Waals surface area contributed by atoms with Crippen LogP contribution in [0.25, 0.3) is 0 Å². The first-order chi connectivity index (χ1) is 11.0. The summed E-state index contributed by atoms with van der Waals surface area (Å²) < 4.78 is 1.03. The summed E-state index contributed by atoms with van der Waals surface area (Å²) >= 11 is 4.92. The number of benzene rings is 2. The molecule has 3 N–H and O–H groups in total. The van der Waals surface area contributed by atoms with Gasteiger partial charge in [0.25, 0.3) is 0 Å². The maximum absolute atomic E-state index is 12.0. The Labute approximate surface area is 148 Å². The molecule has 0 bridgehead atoms. The molecule has 4 nitrogen and oxygen atoms in total. The number of primary amides is 1. The Balaban J connectivity index is 1.85. The SMILES string of the molecule is Cc1cc(Br)ccc1SCC(=O)NCc1cccc(C(N)=O)c1. The average molecular weight is 393 g/mol. The summed E-state index contributed by atoms with van der Waals surface area (Å²) in [5.74, 6) is -0.181. The van der Waals surface area contributed by atoms with E-state index in [0.29, 0.717) is 17.9 Å². The van der Waals surface area contributed by atoms with Gasteiger partial charge in [-0.25, -0.2) is 0 Å². The van der Waals surface area contributed by atoms with E-state index in [1.165, 1.54) is 11.8 Å². The van der Waals surface area contributed by atoms with E-state index in [0.717, 1.165) is 20.5 Å². The van der Waals surface area contributed by atoms with Crippen molar-refractivity contribution in [2.45, 2.75) is 18.4 Å². The van der Waals surface area contributed by atoms with Crippen molar-refractivity contribution in [2.75, 3.05) is 5.75 Å². The normalized spacial score (nSPS) is 10.3. The number of rotatable bonds is 6. The highest BCUT2D eigenvalue weighted by atomic mass is 79.9. The van der Waals surface area contributed by atoms with Crippen LogP contribution in [0.1, 0.15) is 21.5 Å². The van der Waals surface area contributed by atoms with Crippen molar-refractivity contribution in [3.05, 3.63) is 63.6 Å². The molecule has 6 heteroatoms. The van der Waals surface area contributed by atoms with E-state index >= 15 is 0 Å². The lowest BCUT2D eigenvalue weighted by atomic mass is 10.1. The zero-order valence-corrected chi connectivity index (χ0v) is 15.0. The summed E-state index contributed by atoms with van der Waals surface area (Å²) in [5.41, 5.74) is 7.66. The molecule has 0 spiro atoms. The van der Waals surface area contributed by atoms with E-state index in [4.69, 9.17) is 5.73 Å². The highest BCUT2D eigenvalue weighted by Crippen LogP contribution is 2.25. The van der Waals surface area contributed by atoms with Crippen molar-refractivity contribution in [2.24, 2.45) is 5.73 Å². The highest BCUT2D eigenvalue weighted by molar-refractivity contribution is 9.10. The van der Waals surface area contributed by atoms with Crippen molar-refractivity contribution in [3.63, 3.8) is 0 Å². The smallest absolute Gasteiger partial charge is 0.248 e. The second-order valence-electron chi connectivity index (χ2n) is 5.04. The maximum Gasteiger partial charge on any atom is 0.248 e. The molecule has 2 rings (SSSR count). The van der Waals surface area contributed by atoms with Gasteiger partial charge in [0.1, 0.15) is 0 Å². The highest BCUT2D eigenvalue weighted by Gasteiger charge is 2.06. The summed E-state index contributed by atoms with van der Waals surface area (Å²) in [6.45, 7) is 2.39. The Morgan fingerprint density at radius 2 is 2.00 bits per heavy atom. The minimum atomic E-state index is -0.473.